The quantitative estimate of drug-likeness (QED) is 0.0236. The fourth-order valence-electron chi connectivity index (χ4n) is 8.44. The Hall–Kier alpha value is -1.53. The molecule has 0 bridgehead atoms. The monoisotopic (exact) mass is 916 g/mol. The third kappa shape index (κ3) is 24.5. The molecule has 0 aromatic rings. The second kappa shape index (κ2) is 37.5. The van der Waals surface area contributed by atoms with Crippen LogP contribution in [0, 0.1) is 0 Å². The summed E-state index contributed by atoms with van der Waals surface area (Å²) in [4.78, 5) is 13.2. The molecule has 0 spiro atoms. The lowest BCUT2D eigenvalue weighted by Crippen LogP contribution is -2.65. The van der Waals surface area contributed by atoms with Crippen LogP contribution < -0.4 is 5.32 Å². The van der Waals surface area contributed by atoms with E-state index >= 15 is 0 Å². The highest BCUT2D eigenvalue weighted by atomic mass is 16.7. The lowest BCUT2D eigenvalue weighted by atomic mass is 9.97. The molecular weight excluding hydrogens is 823 g/mol. The Kier molecular flexibility index (Phi) is 34.3. The van der Waals surface area contributed by atoms with Crippen molar-refractivity contribution in [2.75, 3.05) is 19.8 Å². The van der Waals surface area contributed by atoms with Crippen molar-refractivity contribution in [1.82, 2.24) is 5.32 Å². The first kappa shape index (κ1) is 58.6. The van der Waals surface area contributed by atoms with Crippen LogP contribution in [0.2, 0.25) is 0 Å². The van der Waals surface area contributed by atoms with Crippen LogP contribution in [0.3, 0.4) is 0 Å². The molecule has 2 heterocycles. The van der Waals surface area contributed by atoms with E-state index in [-0.39, 0.29) is 12.5 Å². The number of hydrogen-bond acceptors (Lipinski definition) is 13. The Labute approximate surface area is 386 Å². The average molecular weight is 916 g/mol. The Balaban J connectivity index is 1.80. The van der Waals surface area contributed by atoms with Gasteiger partial charge in [-0.1, -0.05) is 167 Å². The highest BCUT2D eigenvalue weighted by molar-refractivity contribution is 5.76. The minimum atomic E-state index is -1.78. The zero-order valence-electron chi connectivity index (χ0n) is 39.8. The van der Waals surface area contributed by atoms with Crippen molar-refractivity contribution in [1.29, 1.82) is 0 Å². The summed E-state index contributed by atoms with van der Waals surface area (Å²) >= 11 is 0. The van der Waals surface area contributed by atoms with Gasteiger partial charge in [0.1, 0.15) is 48.8 Å². The van der Waals surface area contributed by atoms with Crippen LogP contribution in [0.5, 0.6) is 0 Å². The van der Waals surface area contributed by atoms with Crippen LogP contribution in [0.4, 0.5) is 0 Å². The van der Waals surface area contributed by atoms with Crippen LogP contribution in [0.15, 0.2) is 24.3 Å². The van der Waals surface area contributed by atoms with Gasteiger partial charge in [0.2, 0.25) is 5.91 Å². The third-order valence-electron chi connectivity index (χ3n) is 12.7. The lowest BCUT2D eigenvalue weighted by Gasteiger charge is -2.46. The molecule has 2 saturated heterocycles. The molecule has 0 aliphatic carbocycles. The number of carbonyl (C=O) groups is 1. The molecule has 0 aromatic carbocycles. The van der Waals surface area contributed by atoms with Crippen molar-refractivity contribution in [2.24, 2.45) is 0 Å². The van der Waals surface area contributed by atoms with E-state index in [4.69, 9.17) is 18.9 Å². The molecule has 2 aliphatic heterocycles. The molecule has 64 heavy (non-hydrogen) atoms. The van der Waals surface area contributed by atoms with Gasteiger partial charge in [-0.25, -0.2) is 0 Å². The van der Waals surface area contributed by atoms with Gasteiger partial charge in [0.25, 0.3) is 0 Å². The fraction of sp³-hybridized carbons (Fsp3) is 0.900. The maximum absolute atomic E-state index is 13.2. The van der Waals surface area contributed by atoms with Gasteiger partial charge in [-0.05, 0) is 44.9 Å². The standard InChI is InChI=1S/C50H93NO13/c1-3-5-7-9-11-13-15-16-17-18-19-20-21-22-24-26-28-30-32-34-42(55)51-38(39(54)33-31-29-27-25-23-14-12-10-8-6-4-2)37-61-49-47(60)45(58)48(41(36-53)63-49)64-50-46(59)44(57)43(56)40(35-52)62-50/h11,13,16-17,38-41,43-50,52-54,56-60H,3-10,12,14-15,18-37H2,1-2H3,(H,51,55)/b13-11-,17-16-. The summed E-state index contributed by atoms with van der Waals surface area (Å²) in [6, 6.07) is -0.827. The number of allylic oxidation sites excluding steroid dienone is 4. The molecule has 1 amide bonds. The van der Waals surface area contributed by atoms with Gasteiger partial charge in [-0.3, -0.25) is 4.79 Å². The smallest absolute Gasteiger partial charge is 0.220 e. The molecule has 0 saturated carbocycles. The molecular formula is C50H93NO13. The van der Waals surface area contributed by atoms with E-state index in [1.807, 2.05) is 0 Å². The van der Waals surface area contributed by atoms with Crippen LogP contribution in [-0.2, 0) is 23.7 Å². The van der Waals surface area contributed by atoms with Crippen molar-refractivity contribution in [3.05, 3.63) is 24.3 Å². The molecule has 376 valence electrons. The van der Waals surface area contributed by atoms with Gasteiger partial charge in [0.15, 0.2) is 12.6 Å². The van der Waals surface area contributed by atoms with Crippen molar-refractivity contribution in [3.63, 3.8) is 0 Å². The van der Waals surface area contributed by atoms with Crippen molar-refractivity contribution in [2.45, 2.75) is 267 Å². The number of unbranched alkanes of at least 4 members (excludes halogenated alkanes) is 22. The molecule has 2 rings (SSSR count). The zero-order valence-corrected chi connectivity index (χ0v) is 39.8. The minimum absolute atomic E-state index is 0.213. The van der Waals surface area contributed by atoms with Gasteiger partial charge >= 0.3 is 0 Å². The van der Waals surface area contributed by atoms with Gasteiger partial charge < -0.3 is 65.1 Å². The summed E-state index contributed by atoms with van der Waals surface area (Å²) in [5, 5.41) is 86.8. The summed E-state index contributed by atoms with van der Waals surface area (Å²) in [5.41, 5.74) is 0. The topological polar surface area (TPSA) is 228 Å². The lowest BCUT2D eigenvalue weighted by molar-refractivity contribution is -0.359. The van der Waals surface area contributed by atoms with E-state index < -0.39 is 86.8 Å². The first-order chi connectivity index (χ1) is 31.1. The number of hydrogen-bond donors (Lipinski definition) is 9. The summed E-state index contributed by atoms with van der Waals surface area (Å²) in [7, 11) is 0. The van der Waals surface area contributed by atoms with E-state index in [9.17, 15) is 45.6 Å². The van der Waals surface area contributed by atoms with Crippen LogP contribution >= 0.6 is 0 Å². The number of aliphatic hydroxyl groups is 8. The fourth-order valence-corrected chi connectivity index (χ4v) is 8.44. The van der Waals surface area contributed by atoms with Crippen LogP contribution in [0.1, 0.15) is 194 Å². The van der Waals surface area contributed by atoms with Gasteiger partial charge in [0, 0.05) is 6.42 Å². The molecule has 2 fully saturated rings. The minimum Gasteiger partial charge on any atom is -0.394 e. The third-order valence-corrected chi connectivity index (χ3v) is 12.7. The van der Waals surface area contributed by atoms with Crippen molar-refractivity contribution < 1.29 is 64.6 Å². The SMILES string of the molecule is CCCCC/C=C\C/C=C\CCCCCCCCCCCC(=O)NC(COC1OC(CO)C(OC2OC(CO)C(O)C(O)C2O)C(O)C1O)C(O)CCCCCCCCCCCCC. The number of nitrogens with one attached hydrogen (secondary N) is 1. The van der Waals surface area contributed by atoms with Gasteiger partial charge in [-0.2, -0.15) is 0 Å². The first-order valence-corrected chi connectivity index (χ1v) is 25.6. The predicted molar refractivity (Wildman–Crippen MR) is 249 cm³/mol. The van der Waals surface area contributed by atoms with E-state index in [2.05, 4.69) is 43.5 Å². The van der Waals surface area contributed by atoms with E-state index in [1.54, 1.807) is 0 Å². The zero-order chi connectivity index (χ0) is 46.8. The highest BCUT2D eigenvalue weighted by Crippen LogP contribution is 2.30. The second-order valence-corrected chi connectivity index (χ2v) is 18.3. The number of rotatable bonds is 39. The highest BCUT2D eigenvalue weighted by Gasteiger charge is 2.51. The Morgan fingerprint density at radius 3 is 1.59 bits per heavy atom. The van der Waals surface area contributed by atoms with E-state index in [0.29, 0.717) is 12.8 Å². The molecule has 12 unspecified atom stereocenters. The number of amides is 1. The normalized spacial score (nSPS) is 27.4. The van der Waals surface area contributed by atoms with Gasteiger partial charge in [-0.15, -0.1) is 0 Å². The maximum Gasteiger partial charge on any atom is 0.220 e. The molecule has 0 aromatic heterocycles. The number of carbonyl (C=O) groups excluding carboxylic acids is 1. The second-order valence-electron chi connectivity index (χ2n) is 18.3. The Morgan fingerprint density at radius 1 is 0.562 bits per heavy atom. The number of aliphatic hydroxyl groups excluding tert-OH is 8. The molecule has 12 atom stereocenters. The Bertz CT molecular complexity index is 1170. The largest absolute Gasteiger partial charge is 0.394 e. The van der Waals surface area contributed by atoms with Crippen LogP contribution in [0.25, 0.3) is 0 Å². The van der Waals surface area contributed by atoms with Crippen molar-refractivity contribution >= 4 is 5.91 Å². The van der Waals surface area contributed by atoms with E-state index in [0.717, 1.165) is 64.2 Å². The summed E-state index contributed by atoms with van der Waals surface area (Å²) < 4.78 is 22.7. The molecule has 9 N–H and O–H groups in total. The Morgan fingerprint density at radius 2 is 1.03 bits per heavy atom. The average Bonchev–Trinajstić information content (AvgIpc) is 3.29. The summed E-state index contributed by atoms with van der Waals surface area (Å²) in [5.74, 6) is -0.213. The summed E-state index contributed by atoms with van der Waals surface area (Å²) in [6.45, 7) is 2.80. The van der Waals surface area contributed by atoms with E-state index in [1.165, 1.54) is 103 Å². The predicted octanol–water partition coefficient (Wildman–Crippen LogP) is 6.55. The maximum atomic E-state index is 13.2. The molecule has 14 heteroatoms. The van der Waals surface area contributed by atoms with Crippen molar-refractivity contribution in [3.8, 4) is 0 Å². The summed E-state index contributed by atoms with van der Waals surface area (Å²) in [6.07, 6.45) is 23.2. The molecule has 2 aliphatic rings. The molecule has 14 nitrogen and oxygen atoms in total. The van der Waals surface area contributed by atoms with Gasteiger partial charge in [0.05, 0.1) is 32.0 Å². The molecule has 0 radical (unpaired) electrons. The first-order valence-electron chi connectivity index (χ1n) is 25.6. The van der Waals surface area contributed by atoms with Crippen LogP contribution in [-0.4, -0.2) is 140 Å². The number of ether oxygens (including phenoxy) is 4.